The molecule has 1 aromatic carbocycles. The summed E-state index contributed by atoms with van der Waals surface area (Å²) in [6.07, 6.45) is 0.230. The monoisotopic (exact) mass is 333 g/mol. The molecule has 2 N–H and O–H groups in total. The third-order valence-electron chi connectivity index (χ3n) is 4.17. The molecule has 6 nitrogen and oxygen atoms in total. The summed E-state index contributed by atoms with van der Waals surface area (Å²) in [6.45, 7) is 8.24. The number of hydrogen-bond donors (Lipinski definition) is 2. The summed E-state index contributed by atoms with van der Waals surface area (Å²) in [5, 5.41) is 6.18. The Hall–Kier alpha value is -2.08. The topological polar surface area (TPSA) is 70.7 Å². The predicted molar refractivity (Wildman–Crippen MR) is 92.8 cm³/mol. The second-order valence-corrected chi connectivity index (χ2v) is 6.07. The highest BCUT2D eigenvalue weighted by Gasteiger charge is 2.27. The number of hydrogen-bond acceptors (Lipinski definition) is 4. The zero-order chi connectivity index (χ0) is 17.5. The minimum atomic E-state index is -0.389. The van der Waals surface area contributed by atoms with E-state index in [1.54, 1.807) is 0 Å². The van der Waals surface area contributed by atoms with Gasteiger partial charge in [-0.05, 0) is 19.9 Å². The number of carbonyl (C=O) groups excluding carboxylic acids is 2. The summed E-state index contributed by atoms with van der Waals surface area (Å²) in [5.41, 5.74) is 0.839. The van der Waals surface area contributed by atoms with Crippen LogP contribution in [0.5, 0.6) is 5.75 Å². The molecule has 1 fully saturated rings. The first kappa shape index (κ1) is 18.3. The van der Waals surface area contributed by atoms with E-state index in [1.807, 2.05) is 43.0 Å². The third-order valence-corrected chi connectivity index (χ3v) is 4.17. The van der Waals surface area contributed by atoms with E-state index in [4.69, 9.17) is 4.74 Å². The maximum absolute atomic E-state index is 12.7. The lowest BCUT2D eigenvalue weighted by atomic mass is 10.0. The van der Waals surface area contributed by atoms with E-state index in [-0.39, 0.29) is 30.3 Å². The zero-order valence-electron chi connectivity index (χ0n) is 14.7. The molecule has 0 aromatic heterocycles. The van der Waals surface area contributed by atoms with Crippen LogP contribution in [0.1, 0.15) is 38.8 Å². The summed E-state index contributed by atoms with van der Waals surface area (Å²) in [5.74, 6) is 0.599. The molecule has 0 bridgehead atoms. The first-order chi connectivity index (χ1) is 11.5. The zero-order valence-corrected chi connectivity index (χ0v) is 14.7. The van der Waals surface area contributed by atoms with Gasteiger partial charge in [-0.15, -0.1) is 0 Å². The molecule has 2 rings (SSSR count). The van der Waals surface area contributed by atoms with Gasteiger partial charge in [-0.1, -0.05) is 18.2 Å². The molecule has 1 unspecified atom stereocenters. The summed E-state index contributed by atoms with van der Waals surface area (Å²) < 4.78 is 5.66. The minimum absolute atomic E-state index is 0.0500. The van der Waals surface area contributed by atoms with Gasteiger partial charge >= 0.3 is 0 Å². The maximum Gasteiger partial charge on any atom is 0.225 e. The fraction of sp³-hybridized carbons (Fsp3) is 0.556. The van der Waals surface area contributed by atoms with Crippen molar-refractivity contribution in [3.05, 3.63) is 29.8 Å². The number of nitrogens with one attached hydrogen (secondary N) is 2. The van der Waals surface area contributed by atoms with Gasteiger partial charge < -0.3 is 20.3 Å². The van der Waals surface area contributed by atoms with Crippen molar-refractivity contribution in [3.63, 3.8) is 0 Å². The second-order valence-electron chi connectivity index (χ2n) is 6.07. The third kappa shape index (κ3) is 4.71. The number of ether oxygens (including phenoxy) is 1. The van der Waals surface area contributed by atoms with E-state index < -0.39 is 0 Å². The number of para-hydroxylation sites is 1. The van der Waals surface area contributed by atoms with E-state index in [0.29, 0.717) is 18.9 Å². The summed E-state index contributed by atoms with van der Waals surface area (Å²) in [4.78, 5) is 26.3. The van der Waals surface area contributed by atoms with E-state index in [1.165, 1.54) is 6.92 Å². The number of amides is 2. The Morgan fingerprint density at radius 1 is 1.42 bits per heavy atom. The number of piperazine rings is 1. The van der Waals surface area contributed by atoms with Crippen LogP contribution in [0.4, 0.5) is 0 Å². The molecular formula is C18H27N3O3. The van der Waals surface area contributed by atoms with E-state index >= 15 is 0 Å². The van der Waals surface area contributed by atoms with Crippen molar-refractivity contribution >= 4 is 11.8 Å². The molecular weight excluding hydrogens is 306 g/mol. The van der Waals surface area contributed by atoms with Crippen LogP contribution in [-0.2, 0) is 9.59 Å². The molecule has 0 radical (unpaired) electrons. The predicted octanol–water partition coefficient (Wildman–Crippen LogP) is 1.47. The maximum atomic E-state index is 12.7. The van der Waals surface area contributed by atoms with Crippen molar-refractivity contribution in [1.29, 1.82) is 0 Å². The molecule has 6 heteroatoms. The van der Waals surface area contributed by atoms with Crippen molar-refractivity contribution < 1.29 is 14.3 Å². The molecule has 1 heterocycles. The SMILES string of the molecule is CCOc1ccccc1C(CC(=O)N1CCNC[C@H]1C)NC(C)=O. The van der Waals surface area contributed by atoms with Crippen molar-refractivity contribution in [2.24, 2.45) is 0 Å². The summed E-state index contributed by atoms with van der Waals surface area (Å²) in [7, 11) is 0. The molecule has 2 amide bonds. The van der Waals surface area contributed by atoms with Gasteiger partial charge in [0.15, 0.2) is 0 Å². The molecule has 0 spiro atoms. The highest BCUT2D eigenvalue weighted by molar-refractivity contribution is 5.79. The molecule has 24 heavy (non-hydrogen) atoms. The van der Waals surface area contributed by atoms with Crippen molar-refractivity contribution in [2.75, 3.05) is 26.2 Å². The Morgan fingerprint density at radius 3 is 2.83 bits per heavy atom. The highest BCUT2D eigenvalue weighted by Crippen LogP contribution is 2.28. The van der Waals surface area contributed by atoms with Crippen LogP contribution in [0.3, 0.4) is 0 Å². The molecule has 132 valence electrons. The standard InChI is InChI=1S/C18H27N3O3/c1-4-24-17-8-6-5-7-15(17)16(20-14(3)22)11-18(23)21-10-9-19-12-13(21)2/h5-8,13,16,19H,4,9-12H2,1-3H3,(H,20,22)/t13-,16?/m1/s1. The van der Waals surface area contributed by atoms with Crippen molar-refractivity contribution in [2.45, 2.75) is 39.3 Å². The lowest BCUT2D eigenvalue weighted by Gasteiger charge is -2.35. The lowest BCUT2D eigenvalue weighted by molar-refractivity contribution is -0.134. The van der Waals surface area contributed by atoms with Crippen LogP contribution in [0.25, 0.3) is 0 Å². The van der Waals surface area contributed by atoms with Crippen LogP contribution in [0, 0.1) is 0 Å². The van der Waals surface area contributed by atoms with Crippen LogP contribution in [-0.4, -0.2) is 49.0 Å². The van der Waals surface area contributed by atoms with Gasteiger partial charge in [-0.2, -0.15) is 0 Å². The largest absolute Gasteiger partial charge is 0.494 e. The molecule has 0 aliphatic carbocycles. The Balaban J connectivity index is 2.19. The van der Waals surface area contributed by atoms with Crippen molar-refractivity contribution in [3.8, 4) is 5.75 Å². The quantitative estimate of drug-likeness (QED) is 0.827. The minimum Gasteiger partial charge on any atom is -0.494 e. The van der Waals surface area contributed by atoms with Crippen molar-refractivity contribution in [1.82, 2.24) is 15.5 Å². The van der Waals surface area contributed by atoms with E-state index in [9.17, 15) is 9.59 Å². The number of benzene rings is 1. The van der Waals surface area contributed by atoms with Gasteiger partial charge in [0.05, 0.1) is 19.1 Å². The first-order valence-corrected chi connectivity index (χ1v) is 8.52. The molecule has 1 saturated heterocycles. The van der Waals surface area contributed by atoms with Crippen LogP contribution in [0.15, 0.2) is 24.3 Å². The number of nitrogens with zero attached hydrogens (tertiary/aromatic N) is 1. The van der Waals surface area contributed by atoms with Gasteiger partial charge in [0.1, 0.15) is 5.75 Å². The Morgan fingerprint density at radius 2 is 2.17 bits per heavy atom. The molecule has 1 aliphatic heterocycles. The second kappa shape index (κ2) is 8.68. The Labute approximate surface area is 143 Å². The Bertz CT molecular complexity index is 576. The lowest BCUT2D eigenvalue weighted by Crippen LogP contribution is -2.52. The molecule has 1 aliphatic rings. The molecule has 2 atom stereocenters. The average Bonchev–Trinajstić information content (AvgIpc) is 2.55. The number of rotatable bonds is 6. The average molecular weight is 333 g/mol. The fourth-order valence-electron chi connectivity index (χ4n) is 3.04. The smallest absolute Gasteiger partial charge is 0.225 e. The highest BCUT2D eigenvalue weighted by atomic mass is 16.5. The van der Waals surface area contributed by atoms with Gasteiger partial charge in [-0.3, -0.25) is 9.59 Å². The normalized spacial score (nSPS) is 18.8. The van der Waals surface area contributed by atoms with E-state index in [2.05, 4.69) is 10.6 Å². The number of carbonyl (C=O) groups is 2. The van der Waals surface area contributed by atoms with Gasteiger partial charge in [0.25, 0.3) is 0 Å². The molecule has 0 saturated carbocycles. The van der Waals surface area contributed by atoms with Crippen LogP contribution in [0.2, 0.25) is 0 Å². The van der Waals surface area contributed by atoms with Crippen LogP contribution >= 0.6 is 0 Å². The van der Waals surface area contributed by atoms with Gasteiger partial charge in [-0.25, -0.2) is 0 Å². The van der Waals surface area contributed by atoms with E-state index in [0.717, 1.165) is 18.7 Å². The summed E-state index contributed by atoms with van der Waals surface area (Å²) >= 11 is 0. The first-order valence-electron chi connectivity index (χ1n) is 8.52. The van der Waals surface area contributed by atoms with Crippen LogP contribution < -0.4 is 15.4 Å². The van der Waals surface area contributed by atoms with Gasteiger partial charge in [0.2, 0.25) is 11.8 Å². The fourth-order valence-corrected chi connectivity index (χ4v) is 3.04. The molecule has 1 aromatic rings. The van der Waals surface area contributed by atoms with Gasteiger partial charge in [0, 0.05) is 38.2 Å². The Kier molecular flexibility index (Phi) is 6.61. The summed E-state index contributed by atoms with van der Waals surface area (Å²) in [6, 6.07) is 7.32.